The number of nitrogens with one attached hydrogen (secondary N) is 2. The molecule has 0 saturated carbocycles. The van der Waals surface area contributed by atoms with Crippen LogP contribution in [0.3, 0.4) is 0 Å². The van der Waals surface area contributed by atoms with Crippen LogP contribution in [0.2, 0.25) is 0 Å². The summed E-state index contributed by atoms with van der Waals surface area (Å²) in [7, 11) is 0. The number of alkyl carbamates (subject to hydrolysis) is 1. The number of carboxylic acid groups (broad SMARTS) is 1. The highest BCUT2D eigenvalue weighted by Gasteiger charge is 2.09. The zero-order valence-corrected chi connectivity index (χ0v) is 15.9. The first-order valence-electron chi connectivity index (χ1n) is 9.43. The van der Waals surface area contributed by atoms with Crippen molar-refractivity contribution in [2.45, 2.75) is 64.5 Å². The van der Waals surface area contributed by atoms with Gasteiger partial charge in [-0.05, 0) is 38.2 Å². The van der Waals surface area contributed by atoms with Crippen LogP contribution in [0, 0.1) is 0 Å². The second-order valence-electron chi connectivity index (χ2n) is 6.55. The van der Waals surface area contributed by atoms with Gasteiger partial charge in [0.2, 0.25) is 5.91 Å². The molecule has 150 valence electrons. The molecule has 0 saturated heterocycles. The van der Waals surface area contributed by atoms with Crippen molar-refractivity contribution in [2.75, 3.05) is 6.54 Å². The summed E-state index contributed by atoms with van der Waals surface area (Å²) in [4.78, 5) is 33.9. The van der Waals surface area contributed by atoms with Crippen LogP contribution in [-0.4, -0.2) is 35.7 Å². The summed E-state index contributed by atoms with van der Waals surface area (Å²) in [5, 5.41) is 14.1. The van der Waals surface area contributed by atoms with Gasteiger partial charge in [0.1, 0.15) is 6.61 Å². The maximum atomic E-state index is 11.7. The van der Waals surface area contributed by atoms with Crippen LogP contribution >= 0.6 is 0 Å². The molecular formula is C20H30N2O5. The number of amides is 2. The van der Waals surface area contributed by atoms with Crippen molar-refractivity contribution in [2.24, 2.45) is 0 Å². The summed E-state index contributed by atoms with van der Waals surface area (Å²) in [6.07, 6.45) is 3.68. The van der Waals surface area contributed by atoms with Gasteiger partial charge in [-0.25, -0.2) is 4.79 Å². The quantitative estimate of drug-likeness (QED) is 0.457. The third kappa shape index (κ3) is 12.4. The Kier molecular flexibility index (Phi) is 11.3. The molecule has 0 aliphatic heterocycles. The molecule has 1 atom stereocenters. The van der Waals surface area contributed by atoms with Crippen LogP contribution in [-0.2, 0) is 20.9 Å². The van der Waals surface area contributed by atoms with E-state index in [2.05, 4.69) is 10.6 Å². The summed E-state index contributed by atoms with van der Waals surface area (Å²) in [5.74, 6) is -0.808. The Bertz CT molecular complexity index is 577. The molecule has 27 heavy (non-hydrogen) atoms. The molecule has 0 heterocycles. The molecule has 7 heteroatoms. The van der Waals surface area contributed by atoms with Crippen molar-refractivity contribution in [1.29, 1.82) is 0 Å². The van der Waals surface area contributed by atoms with Crippen LogP contribution < -0.4 is 10.6 Å². The first kappa shape index (κ1) is 22.5. The average molecular weight is 378 g/mol. The third-order valence-electron chi connectivity index (χ3n) is 4.01. The number of rotatable bonds is 13. The molecule has 0 aliphatic rings. The van der Waals surface area contributed by atoms with Gasteiger partial charge in [-0.2, -0.15) is 0 Å². The maximum absolute atomic E-state index is 11.7. The van der Waals surface area contributed by atoms with Crippen molar-refractivity contribution in [3.8, 4) is 0 Å². The predicted octanol–water partition coefficient (Wildman–Crippen LogP) is 3.23. The minimum atomic E-state index is -0.786. The van der Waals surface area contributed by atoms with Crippen molar-refractivity contribution < 1.29 is 24.2 Å². The molecule has 0 aromatic heterocycles. The zero-order chi connectivity index (χ0) is 19.9. The lowest BCUT2D eigenvalue weighted by Gasteiger charge is -2.14. The van der Waals surface area contributed by atoms with Crippen LogP contribution in [0.1, 0.15) is 57.4 Å². The fourth-order valence-electron chi connectivity index (χ4n) is 2.50. The predicted molar refractivity (Wildman–Crippen MR) is 102 cm³/mol. The normalized spacial score (nSPS) is 11.4. The highest BCUT2D eigenvalue weighted by Crippen LogP contribution is 2.04. The summed E-state index contributed by atoms with van der Waals surface area (Å²) >= 11 is 0. The average Bonchev–Trinajstić information content (AvgIpc) is 2.63. The monoisotopic (exact) mass is 378 g/mol. The van der Waals surface area contributed by atoms with E-state index in [1.54, 1.807) is 0 Å². The minimum Gasteiger partial charge on any atom is -0.481 e. The lowest BCUT2D eigenvalue weighted by atomic mass is 10.1. The molecule has 1 aromatic carbocycles. The standard InChI is InChI=1S/C20H30N2O5/c1-16(22-20(26)27-15-17-10-4-2-5-11-17)9-8-12-18(23)21-14-7-3-6-13-19(24)25/h2,4-5,10-11,16H,3,6-9,12-15H2,1H3,(H,21,23)(H,22,26)(H,24,25). The molecular weight excluding hydrogens is 348 g/mol. The number of aliphatic carboxylic acids is 1. The molecule has 3 N–H and O–H groups in total. The molecule has 7 nitrogen and oxygen atoms in total. The van der Waals surface area contributed by atoms with E-state index in [-0.39, 0.29) is 25.0 Å². The summed E-state index contributed by atoms with van der Waals surface area (Å²) in [6, 6.07) is 9.39. The number of hydrogen-bond acceptors (Lipinski definition) is 4. The Morgan fingerprint density at radius 2 is 1.78 bits per heavy atom. The molecule has 0 bridgehead atoms. The van der Waals surface area contributed by atoms with Gasteiger partial charge in [0.25, 0.3) is 0 Å². The molecule has 0 aliphatic carbocycles. The van der Waals surface area contributed by atoms with Gasteiger partial charge in [-0.3, -0.25) is 9.59 Å². The summed E-state index contributed by atoms with van der Waals surface area (Å²) in [6.45, 7) is 2.68. The van der Waals surface area contributed by atoms with E-state index in [0.717, 1.165) is 18.4 Å². The van der Waals surface area contributed by atoms with Crippen molar-refractivity contribution in [3.05, 3.63) is 35.9 Å². The lowest BCUT2D eigenvalue weighted by molar-refractivity contribution is -0.137. The van der Waals surface area contributed by atoms with Crippen molar-refractivity contribution in [3.63, 3.8) is 0 Å². The van der Waals surface area contributed by atoms with E-state index in [1.165, 1.54) is 0 Å². The number of carbonyl (C=O) groups excluding carboxylic acids is 2. The summed E-state index contributed by atoms with van der Waals surface area (Å²) < 4.78 is 5.16. The Balaban J connectivity index is 2.02. The third-order valence-corrected chi connectivity index (χ3v) is 4.01. The SMILES string of the molecule is CC(CCCC(=O)NCCCCCC(=O)O)NC(=O)OCc1ccccc1. The maximum Gasteiger partial charge on any atom is 0.407 e. The molecule has 0 radical (unpaired) electrons. The van der Waals surface area contributed by atoms with Gasteiger partial charge >= 0.3 is 12.1 Å². The largest absolute Gasteiger partial charge is 0.481 e. The molecule has 0 fully saturated rings. The van der Waals surface area contributed by atoms with Gasteiger partial charge in [-0.1, -0.05) is 36.8 Å². The molecule has 1 aromatic rings. The Hall–Kier alpha value is -2.57. The number of unbranched alkanes of at least 4 members (excludes halogenated alkanes) is 2. The van der Waals surface area contributed by atoms with Gasteiger partial charge in [0.05, 0.1) is 0 Å². The molecule has 0 spiro atoms. The number of hydrogen-bond donors (Lipinski definition) is 3. The van der Waals surface area contributed by atoms with E-state index < -0.39 is 12.1 Å². The van der Waals surface area contributed by atoms with Crippen LogP contribution in [0.4, 0.5) is 4.79 Å². The van der Waals surface area contributed by atoms with E-state index in [1.807, 2.05) is 37.3 Å². The Morgan fingerprint density at radius 1 is 1.04 bits per heavy atom. The first-order chi connectivity index (χ1) is 13.0. The second-order valence-corrected chi connectivity index (χ2v) is 6.55. The topological polar surface area (TPSA) is 105 Å². The molecule has 1 rings (SSSR count). The number of carboxylic acids is 1. The smallest absolute Gasteiger partial charge is 0.407 e. The van der Waals surface area contributed by atoms with Crippen LogP contribution in [0.15, 0.2) is 30.3 Å². The van der Waals surface area contributed by atoms with E-state index in [9.17, 15) is 14.4 Å². The molecule has 2 amide bonds. The second kappa shape index (κ2) is 13.6. The number of ether oxygens (including phenoxy) is 1. The van der Waals surface area contributed by atoms with Crippen LogP contribution in [0.5, 0.6) is 0 Å². The van der Waals surface area contributed by atoms with E-state index in [4.69, 9.17) is 9.84 Å². The number of benzene rings is 1. The fourth-order valence-corrected chi connectivity index (χ4v) is 2.50. The van der Waals surface area contributed by atoms with Crippen LogP contribution in [0.25, 0.3) is 0 Å². The van der Waals surface area contributed by atoms with Gasteiger partial charge in [0, 0.05) is 25.4 Å². The molecule has 1 unspecified atom stereocenters. The Morgan fingerprint density at radius 3 is 2.48 bits per heavy atom. The highest BCUT2D eigenvalue weighted by atomic mass is 16.5. The summed E-state index contributed by atoms with van der Waals surface area (Å²) in [5.41, 5.74) is 0.930. The van der Waals surface area contributed by atoms with E-state index >= 15 is 0 Å². The Labute approximate surface area is 160 Å². The first-order valence-corrected chi connectivity index (χ1v) is 9.43. The number of carbonyl (C=O) groups is 3. The lowest BCUT2D eigenvalue weighted by Crippen LogP contribution is -2.33. The van der Waals surface area contributed by atoms with Gasteiger partial charge < -0.3 is 20.5 Å². The van der Waals surface area contributed by atoms with Gasteiger partial charge in [0.15, 0.2) is 0 Å². The fraction of sp³-hybridized carbons (Fsp3) is 0.550. The zero-order valence-electron chi connectivity index (χ0n) is 15.9. The highest BCUT2D eigenvalue weighted by molar-refractivity contribution is 5.75. The van der Waals surface area contributed by atoms with Gasteiger partial charge in [-0.15, -0.1) is 0 Å². The van der Waals surface area contributed by atoms with Crippen molar-refractivity contribution in [1.82, 2.24) is 10.6 Å². The minimum absolute atomic E-state index is 0.0212. The van der Waals surface area contributed by atoms with E-state index in [0.29, 0.717) is 32.2 Å². The van der Waals surface area contributed by atoms with Crippen molar-refractivity contribution >= 4 is 18.0 Å².